The van der Waals surface area contributed by atoms with Crippen molar-refractivity contribution >= 4 is 0 Å². The minimum Gasteiger partial charge on any atom is -0.493 e. The third kappa shape index (κ3) is 4.70. The van der Waals surface area contributed by atoms with Gasteiger partial charge in [-0.05, 0) is 43.9 Å². The van der Waals surface area contributed by atoms with Gasteiger partial charge >= 0.3 is 0 Å². The minimum atomic E-state index is 0.277. The van der Waals surface area contributed by atoms with E-state index in [1.165, 1.54) is 31.2 Å². The highest BCUT2D eigenvalue weighted by atomic mass is 16.5. The fraction of sp³-hybridized carbons (Fsp3) is 0.714. The molecule has 1 saturated heterocycles. The zero-order valence-electron chi connectivity index (χ0n) is 16.3. The zero-order chi connectivity index (χ0) is 18.4. The van der Waals surface area contributed by atoms with Crippen molar-refractivity contribution in [2.24, 2.45) is 0 Å². The summed E-state index contributed by atoms with van der Waals surface area (Å²) in [5, 5.41) is 9.53. The van der Waals surface area contributed by atoms with Crippen LogP contribution in [0.4, 0.5) is 0 Å². The van der Waals surface area contributed by atoms with E-state index in [0.29, 0.717) is 12.6 Å². The van der Waals surface area contributed by atoms with E-state index in [9.17, 15) is 5.11 Å². The molecule has 0 radical (unpaired) electrons. The molecule has 1 aliphatic heterocycles. The molecule has 1 N–H and O–H groups in total. The van der Waals surface area contributed by atoms with Gasteiger partial charge in [-0.25, -0.2) is 0 Å². The topological polar surface area (TPSA) is 45.2 Å². The van der Waals surface area contributed by atoms with Crippen LogP contribution in [0.1, 0.15) is 44.6 Å². The molecule has 26 heavy (non-hydrogen) atoms. The quantitative estimate of drug-likeness (QED) is 0.770. The summed E-state index contributed by atoms with van der Waals surface area (Å²) in [5.41, 5.74) is 1.26. The van der Waals surface area contributed by atoms with Crippen LogP contribution in [0, 0.1) is 0 Å². The number of nitrogens with zero attached hydrogens (tertiary/aromatic N) is 2. The van der Waals surface area contributed by atoms with Crippen LogP contribution in [0.5, 0.6) is 11.5 Å². The Labute approximate surface area is 157 Å². The number of hydrogen-bond donors (Lipinski definition) is 1. The van der Waals surface area contributed by atoms with E-state index in [2.05, 4.69) is 21.9 Å². The molecule has 5 nitrogen and oxygen atoms in total. The molecule has 1 atom stereocenters. The molecule has 1 heterocycles. The van der Waals surface area contributed by atoms with Gasteiger partial charge in [0.05, 0.1) is 13.7 Å². The summed E-state index contributed by atoms with van der Waals surface area (Å²) in [7, 11) is 1.68. The first-order valence-corrected chi connectivity index (χ1v) is 10.1. The molecule has 146 valence electrons. The highest BCUT2D eigenvalue weighted by molar-refractivity contribution is 5.43. The summed E-state index contributed by atoms with van der Waals surface area (Å²) in [6, 6.07) is 7.44. The number of ether oxygens (including phenoxy) is 2. The van der Waals surface area contributed by atoms with E-state index in [0.717, 1.165) is 50.1 Å². The molecule has 0 aromatic heterocycles. The molecule has 1 aromatic rings. The van der Waals surface area contributed by atoms with Crippen molar-refractivity contribution in [1.29, 1.82) is 0 Å². The SMILES string of the molecule is CCOc1cc(CN2CCN(C3CCCC3)[C@@H](CCO)C2)ccc1OC. The monoisotopic (exact) mass is 362 g/mol. The highest BCUT2D eigenvalue weighted by Gasteiger charge is 2.32. The van der Waals surface area contributed by atoms with Gasteiger partial charge in [-0.1, -0.05) is 18.9 Å². The number of piperazine rings is 1. The van der Waals surface area contributed by atoms with Crippen molar-refractivity contribution in [2.75, 3.05) is 40.0 Å². The van der Waals surface area contributed by atoms with Crippen molar-refractivity contribution in [3.05, 3.63) is 23.8 Å². The van der Waals surface area contributed by atoms with Gasteiger partial charge < -0.3 is 14.6 Å². The van der Waals surface area contributed by atoms with E-state index < -0.39 is 0 Å². The molecular weight excluding hydrogens is 328 g/mol. The molecule has 1 aromatic carbocycles. The summed E-state index contributed by atoms with van der Waals surface area (Å²) in [6.07, 6.45) is 6.27. The van der Waals surface area contributed by atoms with Crippen LogP contribution < -0.4 is 9.47 Å². The molecule has 2 fully saturated rings. The highest BCUT2D eigenvalue weighted by Crippen LogP contribution is 2.30. The fourth-order valence-corrected chi connectivity index (χ4v) is 4.55. The maximum absolute atomic E-state index is 9.53. The summed E-state index contributed by atoms with van der Waals surface area (Å²) >= 11 is 0. The smallest absolute Gasteiger partial charge is 0.161 e. The lowest BCUT2D eigenvalue weighted by atomic mass is 10.0. The van der Waals surface area contributed by atoms with Crippen LogP contribution in [0.3, 0.4) is 0 Å². The van der Waals surface area contributed by atoms with Gasteiger partial charge in [-0.2, -0.15) is 0 Å². The number of aliphatic hydroxyl groups is 1. The standard InChI is InChI=1S/C21H34N2O3/c1-3-26-21-14-17(8-9-20(21)25-2)15-22-11-12-23(18-6-4-5-7-18)19(16-22)10-13-24/h8-9,14,18-19,24H,3-7,10-13,15-16H2,1-2H3/t19-/m0/s1. The fourth-order valence-electron chi connectivity index (χ4n) is 4.55. The molecule has 5 heteroatoms. The Bertz CT molecular complexity index is 560. The van der Waals surface area contributed by atoms with Gasteiger partial charge in [0.1, 0.15) is 0 Å². The minimum absolute atomic E-state index is 0.277. The Hall–Kier alpha value is -1.30. The molecular formula is C21H34N2O3. The van der Waals surface area contributed by atoms with E-state index in [1.807, 2.05) is 13.0 Å². The Morgan fingerprint density at radius 3 is 2.65 bits per heavy atom. The van der Waals surface area contributed by atoms with E-state index in [-0.39, 0.29) is 6.61 Å². The third-order valence-electron chi connectivity index (χ3n) is 5.80. The lowest BCUT2D eigenvalue weighted by Crippen LogP contribution is -2.55. The Morgan fingerprint density at radius 2 is 1.96 bits per heavy atom. The van der Waals surface area contributed by atoms with Crippen molar-refractivity contribution in [2.45, 2.75) is 57.7 Å². The van der Waals surface area contributed by atoms with Crippen molar-refractivity contribution in [1.82, 2.24) is 9.80 Å². The second-order valence-corrected chi connectivity index (χ2v) is 7.50. The second-order valence-electron chi connectivity index (χ2n) is 7.50. The van der Waals surface area contributed by atoms with Gasteiger partial charge in [0.15, 0.2) is 11.5 Å². The molecule has 3 rings (SSSR count). The van der Waals surface area contributed by atoms with Crippen LogP contribution >= 0.6 is 0 Å². The van der Waals surface area contributed by atoms with Gasteiger partial charge in [0, 0.05) is 44.9 Å². The van der Waals surface area contributed by atoms with Crippen LogP contribution in [-0.2, 0) is 6.54 Å². The van der Waals surface area contributed by atoms with Crippen molar-refractivity contribution < 1.29 is 14.6 Å². The average Bonchev–Trinajstić information content (AvgIpc) is 3.17. The lowest BCUT2D eigenvalue weighted by Gasteiger charge is -2.44. The van der Waals surface area contributed by atoms with E-state index in [4.69, 9.17) is 9.47 Å². The Balaban J connectivity index is 1.64. The van der Waals surface area contributed by atoms with Crippen LogP contribution in [-0.4, -0.2) is 66.9 Å². The number of benzene rings is 1. The van der Waals surface area contributed by atoms with Crippen LogP contribution in [0.15, 0.2) is 18.2 Å². The first-order valence-electron chi connectivity index (χ1n) is 10.1. The maximum Gasteiger partial charge on any atom is 0.161 e. The van der Waals surface area contributed by atoms with E-state index in [1.54, 1.807) is 7.11 Å². The number of rotatable bonds is 8. The number of hydrogen-bond acceptors (Lipinski definition) is 5. The largest absolute Gasteiger partial charge is 0.493 e. The molecule has 1 aliphatic carbocycles. The average molecular weight is 363 g/mol. The molecule has 1 saturated carbocycles. The molecule has 0 unspecified atom stereocenters. The Kier molecular flexibility index (Phi) is 7.17. The molecule has 0 amide bonds. The lowest BCUT2D eigenvalue weighted by molar-refractivity contribution is 0.0267. The summed E-state index contributed by atoms with van der Waals surface area (Å²) < 4.78 is 11.1. The number of aliphatic hydroxyl groups excluding tert-OH is 1. The maximum atomic E-state index is 9.53. The molecule has 0 spiro atoms. The van der Waals surface area contributed by atoms with Crippen molar-refractivity contribution in [3.8, 4) is 11.5 Å². The first-order chi connectivity index (χ1) is 12.7. The predicted molar refractivity (Wildman–Crippen MR) is 104 cm³/mol. The van der Waals surface area contributed by atoms with Gasteiger partial charge in [0.2, 0.25) is 0 Å². The first kappa shape index (κ1) is 19.5. The van der Waals surface area contributed by atoms with Crippen LogP contribution in [0.25, 0.3) is 0 Å². The number of methoxy groups -OCH3 is 1. The molecule has 0 bridgehead atoms. The second kappa shape index (κ2) is 9.58. The molecule has 2 aliphatic rings. The van der Waals surface area contributed by atoms with Gasteiger partial charge in [-0.3, -0.25) is 9.80 Å². The van der Waals surface area contributed by atoms with Gasteiger partial charge in [-0.15, -0.1) is 0 Å². The normalized spacial score (nSPS) is 22.7. The summed E-state index contributed by atoms with van der Waals surface area (Å²) in [5.74, 6) is 1.61. The van der Waals surface area contributed by atoms with Crippen molar-refractivity contribution in [3.63, 3.8) is 0 Å². The zero-order valence-corrected chi connectivity index (χ0v) is 16.3. The predicted octanol–water partition coefficient (Wildman–Crippen LogP) is 2.91. The van der Waals surface area contributed by atoms with Crippen LogP contribution in [0.2, 0.25) is 0 Å². The third-order valence-corrected chi connectivity index (χ3v) is 5.80. The summed E-state index contributed by atoms with van der Waals surface area (Å²) in [6.45, 7) is 7.07. The van der Waals surface area contributed by atoms with E-state index >= 15 is 0 Å². The van der Waals surface area contributed by atoms with Gasteiger partial charge in [0.25, 0.3) is 0 Å². The summed E-state index contributed by atoms with van der Waals surface area (Å²) in [4.78, 5) is 5.20. The Morgan fingerprint density at radius 1 is 1.15 bits per heavy atom.